The Kier molecular flexibility index (Phi) is 2.94. The van der Waals surface area contributed by atoms with Crippen LogP contribution >= 0.6 is 11.6 Å². The van der Waals surface area contributed by atoms with Crippen LogP contribution in [0.4, 0.5) is 0 Å². The molecule has 0 unspecified atom stereocenters. The molecule has 0 aromatic heterocycles. The molecule has 0 saturated carbocycles. The molecule has 2 nitrogen and oxygen atoms in total. The number of benzene rings is 1. The topological polar surface area (TPSA) is 37.3 Å². The molecular weight excluding hydrogens is 224 g/mol. The second kappa shape index (κ2) is 4.10. The fraction of sp³-hybridized carbons (Fsp3) is 0.462. The van der Waals surface area contributed by atoms with Crippen LogP contribution in [0, 0.1) is 6.92 Å². The van der Waals surface area contributed by atoms with Crippen LogP contribution in [0.3, 0.4) is 0 Å². The first-order chi connectivity index (χ1) is 7.54. The number of carbonyl (C=O) groups excluding carboxylic acids is 1. The maximum Gasteiger partial charge on any atom is 0.163 e. The van der Waals surface area contributed by atoms with Gasteiger partial charge in [0.05, 0.1) is 10.6 Å². The monoisotopic (exact) mass is 238 g/mol. The molecule has 0 radical (unpaired) electrons. The molecule has 3 heteroatoms. The standard InChI is InChI=1S/C13H15ClO2/c1-7-9-5-3-4-6-10(9)12(14)13(16)11(7)8(2)15/h16H,3-6H2,1-2H3. The Bertz CT molecular complexity index is 464. The highest BCUT2D eigenvalue weighted by molar-refractivity contribution is 6.33. The van der Waals surface area contributed by atoms with Gasteiger partial charge in [-0.25, -0.2) is 0 Å². The molecular formula is C13H15ClO2. The van der Waals surface area contributed by atoms with Gasteiger partial charge in [-0.3, -0.25) is 4.79 Å². The van der Waals surface area contributed by atoms with Crippen molar-refractivity contribution < 1.29 is 9.90 Å². The van der Waals surface area contributed by atoms with Crippen molar-refractivity contribution in [1.82, 2.24) is 0 Å². The summed E-state index contributed by atoms with van der Waals surface area (Å²) in [5.41, 5.74) is 3.50. The molecule has 86 valence electrons. The number of hydrogen-bond acceptors (Lipinski definition) is 2. The Morgan fingerprint density at radius 1 is 1.25 bits per heavy atom. The summed E-state index contributed by atoms with van der Waals surface area (Å²) in [4.78, 5) is 11.5. The minimum Gasteiger partial charge on any atom is -0.506 e. The molecule has 0 heterocycles. The van der Waals surface area contributed by atoms with Gasteiger partial charge < -0.3 is 5.11 Å². The van der Waals surface area contributed by atoms with E-state index in [1.165, 1.54) is 12.5 Å². The molecule has 1 N–H and O–H groups in total. The number of phenols is 1. The highest BCUT2D eigenvalue weighted by Gasteiger charge is 2.23. The number of aromatic hydroxyl groups is 1. The minimum atomic E-state index is -0.120. The van der Waals surface area contributed by atoms with Crippen molar-refractivity contribution in [2.45, 2.75) is 39.5 Å². The van der Waals surface area contributed by atoms with Gasteiger partial charge in [-0.05, 0) is 56.2 Å². The van der Waals surface area contributed by atoms with Crippen molar-refractivity contribution in [2.75, 3.05) is 0 Å². The fourth-order valence-corrected chi connectivity index (χ4v) is 2.88. The largest absolute Gasteiger partial charge is 0.506 e. The maximum atomic E-state index is 11.5. The molecule has 1 aliphatic carbocycles. The first kappa shape index (κ1) is 11.5. The zero-order chi connectivity index (χ0) is 11.9. The van der Waals surface area contributed by atoms with E-state index in [0.29, 0.717) is 10.6 Å². The highest BCUT2D eigenvalue weighted by atomic mass is 35.5. The van der Waals surface area contributed by atoms with Gasteiger partial charge >= 0.3 is 0 Å². The fourth-order valence-electron chi connectivity index (χ4n) is 2.57. The maximum absolute atomic E-state index is 11.5. The van der Waals surface area contributed by atoms with Gasteiger partial charge in [0.15, 0.2) is 5.78 Å². The van der Waals surface area contributed by atoms with Crippen molar-refractivity contribution in [3.63, 3.8) is 0 Å². The van der Waals surface area contributed by atoms with Crippen LogP contribution in [0.15, 0.2) is 0 Å². The van der Waals surface area contributed by atoms with Gasteiger partial charge in [-0.1, -0.05) is 11.6 Å². The molecule has 16 heavy (non-hydrogen) atoms. The molecule has 0 atom stereocenters. The molecule has 0 bridgehead atoms. The summed E-state index contributed by atoms with van der Waals surface area (Å²) in [6.07, 6.45) is 4.10. The smallest absolute Gasteiger partial charge is 0.163 e. The Labute approximate surface area is 100 Å². The molecule has 2 rings (SSSR count). The zero-order valence-electron chi connectivity index (χ0n) is 9.56. The van der Waals surface area contributed by atoms with E-state index in [0.717, 1.165) is 36.8 Å². The summed E-state index contributed by atoms with van der Waals surface area (Å²) in [5.74, 6) is -0.155. The first-order valence-corrected chi connectivity index (χ1v) is 5.95. The Hall–Kier alpha value is -1.02. The summed E-state index contributed by atoms with van der Waals surface area (Å²) < 4.78 is 0. The molecule has 0 spiro atoms. The predicted octanol–water partition coefficient (Wildman–Crippen LogP) is 3.44. The van der Waals surface area contributed by atoms with E-state index >= 15 is 0 Å². The van der Waals surface area contributed by atoms with E-state index in [9.17, 15) is 9.90 Å². The summed E-state index contributed by atoms with van der Waals surface area (Å²) in [6, 6.07) is 0. The van der Waals surface area contributed by atoms with Crippen LogP contribution < -0.4 is 0 Å². The third-order valence-electron chi connectivity index (χ3n) is 3.36. The van der Waals surface area contributed by atoms with Crippen molar-refractivity contribution in [3.8, 4) is 5.75 Å². The first-order valence-electron chi connectivity index (χ1n) is 5.57. The van der Waals surface area contributed by atoms with Gasteiger partial charge in [0.25, 0.3) is 0 Å². The quantitative estimate of drug-likeness (QED) is 0.761. The molecule has 1 aliphatic rings. The van der Waals surface area contributed by atoms with Crippen LogP contribution in [-0.4, -0.2) is 10.9 Å². The Morgan fingerprint density at radius 2 is 1.81 bits per heavy atom. The number of Topliss-reactive ketones (excluding diaryl/α,β-unsaturated/α-hetero) is 1. The van der Waals surface area contributed by atoms with E-state index in [-0.39, 0.29) is 11.5 Å². The van der Waals surface area contributed by atoms with Crippen LogP contribution in [-0.2, 0) is 12.8 Å². The van der Waals surface area contributed by atoms with E-state index in [4.69, 9.17) is 11.6 Å². The minimum absolute atomic E-state index is 0.0349. The number of phenolic OH excluding ortho intramolecular Hbond substituents is 1. The summed E-state index contributed by atoms with van der Waals surface area (Å²) in [5, 5.41) is 10.3. The van der Waals surface area contributed by atoms with Crippen molar-refractivity contribution in [2.24, 2.45) is 0 Å². The third-order valence-corrected chi connectivity index (χ3v) is 3.76. The number of ketones is 1. The number of carbonyl (C=O) groups is 1. The molecule has 1 aromatic rings. The molecule has 1 aromatic carbocycles. The lowest BCUT2D eigenvalue weighted by Crippen LogP contribution is -2.10. The Balaban J connectivity index is 2.75. The van der Waals surface area contributed by atoms with E-state index in [1.54, 1.807) is 0 Å². The number of rotatable bonds is 1. The van der Waals surface area contributed by atoms with Crippen LogP contribution in [0.2, 0.25) is 5.02 Å². The lowest BCUT2D eigenvalue weighted by atomic mass is 9.85. The van der Waals surface area contributed by atoms with Crippen molar-refractivity contribution in [3.05, 3.63) is 27.3 Å². The lowest BCUT2D eigenvalue weighted by Gasteiger charge is -2.22. The zero-order valence-corrected chi connectivity index (χ0v) is 10.3. The van der Waals surface area contributed by atoms with Gasteiger partial charge in [-0.2, -0.15) is 0 Å². The molecule has 0 saturated heterocycles. The average Bonchev–Trinajstić information content (AvgIpc) is 2.26. The average molecular weight is 239 g/mol. The summed E-state index contributed by atoms with van der Waals surface area (Å²) >= 11 is 6.13. The van der Waals surface area contributed by atoms with Gasteiger partial charge in [0.2, 0.25) is 0 Å². The lowest BCUT2D eigenvalue weighted by molar-refractivity contribution is 0.101. The number of hydrogen-bond donors (Lipinski definition) is 1. The Morgan fingerprint density at radius 3 is 2.38 bits per heavy atom. The van der Waals surface area contributed by atoms with E-state index < -0.39 is 0 Å². The SMILES string of the molecule is CC(=O)c1c(C)c2c(c(Cl)c1O)CCCC2. The molecule has 0 aliphatic heterocycles. The van der Waals surface area contributed by atoms with Crippen LogP contribution in [0.25, 0.3) is 0 Å². The number of fused-ring (bicyclic) bond motifs is 1. The normalized spacial score (nSPS) is 14.7. The van der Waals surface area contributed by atoms with E-state index in [1.807, 2.05) is 6.92 Å². The van der Waals surface area contributed by atoms with Crippen LogP contribution in [0.1, 0.15) is 46.8 Å². The highest BCUT2D eigenvalue weighted by Crippen LogP contribution is 2.40. The van der Waals surface area contributed by atoms with Crippen LogP contribution in [0.5, 0.6) is 5.75 Å². The van der Waals surface area contributed by atoms with Gasteiger partial charge in [0.1, 0.15) is 5.75 Å². The summed E-state index contributed by atoms with van der Waals surface area (Å²) in [6.45, 7) is 3.37. The second-order valence-corrected chi connectivity index (χ2v) is 4.76. The second-order valence-electron chi connectivity index (χ2n) is 4.38. The number of halogens is 1. The predicted molar refractivity (Wildman–Crippen MR) is 64.5 cm³/mol. The third kappa shape index (κ3) is 1.61. The molecule has 0 amide bonds. The van der Waals surface area contributed by atoms with Crippen molar-refractivity contribution in [1.29, 1.82) is 0 Å². The van der Waals surface area contributed by atoms with Gasteiger partial charge in [0, 0.05) is 0 Å². The molecule has 0 fully saturated rings. The van der Waals surface area contributed by atoms with E-state index in [2.05, 4.69) is 0 Å². The summed E-state index contributed by atoms with van der Waals surface area (Å²) in [7, 11) is 0. The van der Waals surface area contributed by atoms with Crippen molar-refractivity contribution >= 4 is 17.4 Å². The van der Waals surface area contributed by atoms with Gasteiger partial charge in [-0.15, -0.1) is 0 Å².